The lowest BCUT2D eigenvalue weighted by Crippen LogP contribution is -2.51. The fourth-order valence-corrected chi connectivity index (χ4v) is 8.47. The van der Waals surface area contributed by atoms with Crippen LogP contribution in [0.3, 0.4) is 0 Å². The topological polar surface area (TPSA) is 132 Å². The second-order valence-corrected chi connectivity index (χ2v) is 16.5. The summed E-state index contributed by atoms with van der Waals surface area (Å²) in [6.07, 6.45) is -0.864. The number of benzene rings is 2. The molecule has 0 saturated carbocycles. The highest BCUT2D eigenvalue weighted by Crippen LogP contribution is 2.41. The van der Waals surface area contributed by atoms with E-state index in [9.17, 15) is 28.0 Å². The number of rotatable bonds is 16. The van der Waals surface area contributed by atoms with Crippen molar-refractivity contribution in [2.75, 3.05) is 20.1 Å². The van der Waals surface area contributed by atoms with Gasteiger partial charge in [0.15, 0.2) is 5.82 Å². The van der Waals surface area contributed by atoms with Gasteiger partial charge in [-0.3, -0.25) is 19.2 Å². The van der Waals surface area contributed by atoms with E-state index >= 15 is 17.6 Å². The van der Waals surface area contributed by atoms with Crippen LogP contribution in [-0.4, -0.2) is 104 Å². The van der Waals surface area contributed by atoms with Crippen molar-refractivity contribution in [3.05, 3.63) is 53.6 Å². The SMILES string of the molecule is CC[C@H](CC(=O)[C@H](C)NC)C(=O)N1CC(F)(F)C[C@H]1Cc1c(-c2nc3cc(F)ccc3n2C[C@@H]2CC(F)(F)CN2C(=O)[C@H](CC)NC(=O)[C@H](C)CC)[nH]c2cc(F)ccc12. The Labute approximate surface area is 344 Å². The van der Waals surface area contributed by atoms with Gasteiger partial charge in [0.1, 0.15) is 23.5 Å². The number of aromatic amines is 1. The third kappa shape index (κ3) is 9.20. The number of likely N-dealkylation sites (N-methyl/N-ethyl adjacent to an activating group) is 1. The van der Waals surface area contributed by atoms with Crippen LogP contribution in [0.25, 0.3) is 33.5 Å². The van der Waals surface area contributed by atoms with Crippen LogP contribution in [0.4, 0.5) is 26.3 Å². The average molecular weight is 846 g/mol. The Hall–Kier alpha value is -4.93. The molecule has 3 amide bonds. The molecule has 0 radical (unpaired) electrons. The number of nitrogens with zero attached hydrogens (tertiary/aromatic N) is 4. The minimum atomic E-state index is -3.29. The van der Waals surface area contributed by atoms with Gasteiger partial charge < -0.3 is 30.0 Å². The smallest absolute Gasteiger partial charge is 0.267 e. The van der Waals surface area contributed by atoms with Gasteiger partial charge in [0.25, 0.3) is 11.8 Å². The zero-order valence-electron chi connectivity index (χ0n) is 34.7. The third-order valence-electron chi connectivity index (χ3n) is 12.2. The molecule has 6 rings (SSSR count). The number of carbonyl (C=O) groups excluding carboxylic acids is 4. The first-order valence-corrected chi connectivity index (χ1v) is 20.6. The summed E-state index contributed by atoms with van der Waals surface area (Å²) in [5, 5.41) is 5.98. The number of alkyl halides is 4. The number of nitrogens with one attached hydrogen (secondary N) is 3. The Morgan fingerprint density at radius 1 is 0.867 bits per heavy atom. The molecule has 4 heterocycles. The van der Waals surface area contributed by atoms with Gasteiger partial charge in [-0.15, -0.1) is 0 Å². The fraction of sp³-hybridized carbons (Fsp3) is 0.558. The molecule has 2 aromatic carbocycles. The number of Topliss-reactive ketones (excluding diaryl/α,β-unsaturated/α-hetero) is 1. The maximum atomic E-state index is 15.4. The van der Waals surface area contributed by atoms with Gasteiger partial charge in [0, 0.05) is 60.7 Å². The molecule has 2 aliphatic rings. The van der Waals surface area contributed by atoms with E-state index in [4.69, 9.17) is 4.98 Å². The van der Waals surface area contributed by atoms with Crippen LogP contribution in [0.5, 0.6) is 0 Å². The Kier molecular flexibility index (Phi) is 13.1. The van der Waals surface area contributed by atoms with Crippen molar-refractivity contribution >= 4 is 45.4 Å². The number of aromatic nitrogens is 3. The number of hydrogen-bond acceptors (Lipinski definition) is 6. The van der Waals surface area contributed by atoms with Crippen molar-refractivity contribution in [1.29, 1.82) is 0 Å². The van der Waals surface area contributed by atoms with E-state index < -0.39 is 97.2 Å². The first kappa shape index (κ1) is 44.6. The first-order valence-electron chi connectivity index (χ1n) is 20.6. The molecule has 6 atom stereocenters. The molecule has 0 aliphatic carbocycles. The van der Waals surface area contributed by atoms with Crippen molar-refractivity contribution in [2.45, 2.75) is 122 Å². The van der Waals surface area contributed by atoms with Gasteiger partial charge in [0.05, 0.1) is 41.9 Å². The maximum absolute atomic E-state index is 15.4. The minimum Gasteiger partial charge on any atom is -0.352 e. The molecular weight excluding hydrogens is 793 g/mol. The van der Waals surface area contributed by atoms with Crippen molar-refractivity contribution in [3.63, 3.8) is 0 Å². The Balaban J connectivity index is 1.43. The summed E-state index contributed by atoms with van der Waals surface area (Å²) in [6.45, 7) is 6.51. The summed E-state index contributed by atoms with van der Waals surface area (Å²) < 4.78 is 92.6. The van der Waals surface area contributed by atoms with E-state index in [0.29, 0.717) is 22.9 Å². The van der Waals surface area contributed by atoms with Gasteiger partial charge in [-0.1, -0.05) is 27.7 Å². The summed E-state index contributed by atoms with van der Waals surface area (Å²) in [4.78, 5) is 63.7. The first-order chi connectivity index (χ1) is 28.3. The monoisotopic (exact) mass is 845 g/mol. The van der Waals surface area contributed by atoms with Crippen molar-refractivity contribution in [3.8, 4) is 11.5 Å². The lowest BCUT2D eigenvalue weighted by molar-refractivity contribution is -0.140. The van der Waals surface area contributed by atoms with Crippen LogP contribution in [0, 0.1) is 23.5 Å². The quantitative estimate of drug-likeness (QED) is 0.104. The van der Waals surface area contributed by atoms with E-state index in [0.717, 1.165) is 15.9 Å². The lowest BCUT2D eigenvalue weighted by atomic mass is 9.94. The molecule has 17 heteroatoms. The third-order valence-corrected chi connectivity index (χ3v) is 12.2. The molecule has 0 spiro atoms. The predicted molar refractivity (Wildman–Crippen MR) is 214 cm³/mol. The van der Waals surface area contributed by atoms with Crippen LogP contribution in [0.15, 0.2) is 36.4 Å². The molecule has 326 valence electrons. The highest BCUT2D eigenvalue weighted by molar-refractivity contribution is 5.93. The van der Waals surface area contributed by atoms with E-state index in [1.165, 1.54) is 30.3 Å². The zero-order chi connectivity index (χ0) is 43.8. The number of imidazole rings is 1. The van der Waals surface area contributed by atoms with Crippen LogP contribution in [-0.2, 0) is 32.1 Å². The van der Waals surface area contributed by atoms with Crippen molar-refractivity contribution in [1.82, 2.24) is 35.0 Å². The molecular formula is C43H53F6N7O4. The Morgan fingerprint density at radius 3 is 2.13 bits per heavy atom. The number of likely N-dealkylation sites (tertiary alicyclic amines) is 2. The maximum Gasteiger partial charge on any atom is 0.267 e. The van der Waals surface area contributed by atoms with Gasteiger partial charge >= 0.3 is 0 Å². The van der Waals surface area contributed by atoms with E-state index in [-0.39, 0.29) is 66.5 Å². The minimum absolute atomic E-state index is 0.0858. The van der Waals surface area contributed by atoms with Crippen molar-refractivity contribution in [2.24, 2.45) is 11.8 Å². The molecule has 0 unspecified atom stereocenters. The summed E-state index contributed by atoms with van der Waals surface area (Å²) in [7, 11) is 1.61. The fourth-order valence-electron chi connectivity index (χ4n) is 8.47. The van der Waals surface area contributed by atoms with E-state index in [2.05, 4.69) is 15.6 Å². The number of hydrogen-bond donors (Lipinski definition) is 3. The molecule has 0 bridgehead atoms. The van der Waals surface area contributed by atoms with E-state index in [1.807, 2.05) is 6.92 Å². The van der Waals surface area contributed by atoms with Gasteiger partial charge in [-0.05, 0) is 75.5 Å². The molecule has 2 aliphatic heterocycles. The van der Waals surface area contributed by atoms with Crippen LogP contribution in [0.2, 0.25) is 0 Å². The molecule has 3 N–H and O–H groups in total. The number of amides is 3. The summed E-state index contributed by atoms with van der Waals surface area (Å²) in [5.74, 6) is -10.9. The molecule has 2 fully saturated rings. The molecule has 4 aromatic rings. The second-order valence-electron chi connectivity index (χ2n) is 16.5. The Morgan fingerprint density at radius 2 is 1.50 bits per heavy atom. The highest BCUT2D eigenvalue weighted by Gasteiger charge is 2.50. The largest absolute Gasteiger partial charge is 0.352 e. The standard InChI is InChI=1S/C43H53F6N7O4/c1-7-23(4)39(58)53-32(9-3)41(60)56-22-43(48,49)19-29(56)20-54-35-13-11-27(45)16-34(35)52-38(54)37-31(30-12-10-26(44)15-33(30)51-37)17-28-18-42(46,47)21-55(28)40(59)25(8-2)14-36(57)24(5)50-6/h10-13,15-16,23-25,28-29,32,50-51H,7-9,14,17-22H2,1-6H3,(H,53,58)/t23-,24+,25-,28-,29+,32+/m1/s1. The molecule has 2 aromatic heterocycles. The summed E-state index contributed by atoms with van der Waals surface area (Å²) in [5.41, 5.74) is 1.29. The molecule has 2 saturated heterocycles. The van der Waals surface area contributed by atoms with Crippen molar-refractivity contribution < 1.29 is 45.5 Å². The summed E-state index contributed by atoms with van der Waals surface area (Å²) in [6, 6.07) is 3.80. The number of H-pyrrole nitrogens is 1. The average Bonchev–Trinajstić information content (AvgIpc) is 3.92. The lowest BCUT2D eigenvalue weighted by Gasteiger charge is -2.30. The van der Waals surface area contributed by atoms with Crippen LogP contribution < -0.4 is 10.6 Å². The zero-order valence-corrected chi connectivity index (χ0v) is 34.7. The number of halogens is 6. The van der Waals surface area contributed by atoms with Gasteiger partial charge in [0.2, 0.25) is 17.7 Å². The molecule has 60 heavy (non-hydrogen) atoms. The van der Waals surface area contributed by atoms with Gasteiger partial charge in [-0.2, -0.15) is 0 Å². The van der Waals surface area contributed by atoms with E-state index in [1.54, 1.807) is 39.3 Å². The highest BCUT2D eigenvalue weighted by atomic mass is 19.3. The predicted octanol–water partition coefficient (Wildman–Crippen LogP) is 7.01. The second kappa shape index (κ2) is 17.6. The normalized spacial score (nSPS) is 20.7. The van der Waals surface area contributed by atoms with Crippen LogP contribution in [0.1, 0.15) is 78.7 Å². The Bertz CT molecular complexity index is 2100. The summed E-state index contributed by atoms with van der Waals surface area (Å²) >= 11 is 0. The van der Waals surface area contributed by atoms with Crippen LogP contribution >= 0.6 is 0 Å². The number of fused-ring (bicyclic) bond motifs is 2. The molecule has 11 nitrogen and oxygen atoms in total. The number of ketones is 1. The number of carbonyl (C=O) groups is 4. The van der Waals surface area contributed by atoms with Gasteiger partial charge in [-0.25, -0.2) is 31.3 Å².